The number of benzene rings is 2. The summed E-state index contributed by atoms with van der Waals surface area (Å²) in [5.41, 5.74) is 4.50. The quantitative estimate of drug-likeness (QED) is 0.736. The van der Waals surface area contributed by atoms with Crippen molar-refractivity contribution in [1.29, 1.82) is 0 Å². The van der Waals surface area contributed by atoms with E-state index in [-0.39, 0.29) is 5.91 Å². The lowest BCUT2D eigenvalue weighted by atomic mass is 10.0. The maximum absolute atomic E-state index is 12.3. The van der Waals surface area contributed by atoms with Gasteiger partial charge in [-0.3, -0.25) is 4.79 Å². The SMILES string of the molecule is CCOc1ccc(C(=O)NCCCc2ccc(C)cc2C)cc1OC. The molecule has 0 radical (unpaired) electrons. The standard InChI is InChI=1S/C21H27NO3/c1-5-25-19-11-10-18(14-20(19)24-4)21(23)22-12-6-7-17-9-8-15(2)13-16(17)3/h8-11,13-14H,5-7,12H2,1-4H3,(H,22,23). The zero-order valence-electron chi connectivity index (χ0n) is 15.5. The highest BCUT2D eigenvalue weighted by atomic mass is 16.5. The summed E-state index contributed by atoms with van der Waals surface area (Å²) in [5, 5.41) is 2.97. The third kappa shape index (κ3) is 5.24. The Kier molecular flexibility index (Phi) is 6.87. The van der Waals surface area contributed by atoms with Gasteiger partial charge in [0.05, 0.1) is 13.7 Å². The van der Waals surface area contributed by atoms with E-state index in [9.17, 15) is 4.79 Å². The summed E-state index contributed by atoms with van der Waals surface area (Å²) in [5.74, 6) is 1.13. The molecule has 1 N–H and O–H groups in total. The van der Waals surface area contributed by atoms with Crippen molar-refractivity contribution < 1.29 is 14.3 Å². The van der Waals surface area contributed by atoms with Crippen LogP contribution in [-0.2, 0) is 6.42 Å². The van der Waals surface area contributed by atoms with Crippen LogP contribution >= 0.6 is 0 Å². The average molecular weight is 341 g/mol. The van der Waals surface area contributed by atoms with Crippen molar-refractivity contribution in [2.24, 2.45) is 0 Å². The number of methoxy groups -OCH3 is 1. The fourth-order valence-electron chi connectivity index (χ4n) is 2.79. The molecule has 0 aliphatic heterocycles. The minimum Gasteiger partial charge on any atom is -0.493 e. The van der Waals surface area contributed by atoms with Crippen LogP contribution in [0.3, 0.4) is 0 Å². The Balaban J connectivity index is 1.87. The third-order valence-corrected chi connectivity index (χ3v) is 4.13. The number of amides is 1. The molecular weight excluding hydrogens is 314 g/mol. The van der Waals surface area contributed by atoms with Crippen LogP contribution in [0.1, 0.15) is 40.4 Å². The van der Waals surface area contributed by atoms with Crippen molar-refractivity contribution in [3.05, 3.63) is 58.7 Å². The van der Waals surface area contributed by atoms with Gasteiger partial charge in [0.1, 0.15) is 0 Å². The van der Waals surface area contributed by atoms with Gasteiger partial charge in [-0.1, -0.05) is 23.8 Å². The molecule has 0 fully saturated rings. The number of carbonyl (C=O) groups is 1. The molecule has 4 heteroatoms. The van der Waals surface area contributed by atoms with Crippen molar-refractivity contribution in [2.75, 3.05) is 20.3 Å². The first kappa shape index (κ1) is 18.8. The molecule has 2 rings (SSSR count). The van der Waals surface area contributed by atoms with Crippen molar-refractivity contribution in [1.82, 2.24) is 5.32 Å². The van der Waals surface area contributed by atoms with Gasteiger partial charge in [0, 0.05) is 12.1 Å². The number of hydrogen-bond donors (Lipinski definition) is 1. The van der Waals surface area contributed by atoms with Crippen molar-refractivity contribution in [2.45, 2.75) is 33.6 Å². The van der Waals surface area contributed by atoms with Crippen LogP contribution in [0.4, 0.5) is 0 Å². The minimum atomic E-state index is -0.0954. The van der Waals surface area contributed by atoms with Gasteiger partial charge in [0.2, 0.25) is 0 Å². The number of rotatable bonds is 8. The summed E-state index contributed by atoms with van der Waals surface area (Å²) in [7, 11) is 1.57. The fourth-order valence-corrected chi connectivity index (χ4v) is 2.79. The summed E-state index contributed by atoms with van der Waals surface area (Å²) in [6.45, 7) is 7.34. The van der Waals surface area contributed by atoms with E-state index in [1.54, 1.807) is 25.3 Å². The minimum absolute atomic E-state index is 0.0954. The first-order chi connectivity index (χ1) is 12.0. The predicted octanol–water partition coefficient (Wildman–Crippen LogP) is 4.07. The molecule has 0 aliphatic carbocycles. The maximum atomic E-state index is 12.3. The van der Waals surface area contributed by atoms with E-state index >= 15 is 0 Å². The smallest absolute Gasteiger partial charge is 0.251 e. The van der Waals surface area contributed by atoms with Gasteiger partial charge in [0.15, 0.2) is 11.5 Å². The Morgan fingerprint density at radius 3 is 2.56 bits per heavy atom. The molecule has 0 saturated heterocycles. The Labute approximate surface area is 150 Å². The highest BCUT2D eigenvalue weighted by Crippen LogP contribution is 2.28. The van der Waals surface area contributed by atoms with Gasteiger partial charge in [0.25, 0.3) is 5.91 Å². The topological polar surface area (TPSA) is 47.6 Å². The first-order valence-corrected chi connectivity index (χ1v) is 8.70. The molecule has 0 aromatic heterocycles. The van der Waals surface area contributed by atoms with Gasteiger partial charge in [-0.05, 0) is 62.9 Å². The van der Waals surface area contributed by atoms with Crippen LogP contribution in [0.2, 0.25) is 0 Å². The molecule has 0 unspecified atom stereocenters. The second-order valence-corrected chi connectivity index (χ2v) is 6.09. The van der Waals surface area contributed by atoms with E-state index in [1.807, 2.05) is 6.92 Å². The number of nitrogens with one attached hydrogen (secondary N) is 1. The normalized spacial score (nSPS) is 10.4. The Bertz CT molecular complexity index is 725. The zero-order chi connectivity index (χ0) is 18.2. The molecular formula is C21H27NO3. The molecule has 0 heterocycles. The van der Waals surface area contributed by atoms with E-state index < -0.39 is 0 Å². The largest absolute Gasteiger partial charge is 0.493 e. The van der Waals surface area contributed by atoms with Gasteiger partial charge in [-0.15, -0.1) is 0 Å². The average Bonchev–Trinajstić information content (AvgIpc) is 2.60. The first-order valence-electron chi connectivity index (χ1n) is 8.70. The van der Waals surface area contributed by atoms with Crippen LogP contribution in [-0.4, -0.2) is 26.2 Å². The van der Waals surface area contributed by atoms with Crippen molar-refractivity contribution >= 4 is 5.91 Å². The highest BCUT2D eigenvalue weighted by molar-refractivity contribution is 5.94. The molecule has 0 aliphatic rings. The number of ether oxygens (including phenoxy) is 2. The van der Waals surface area contributed by atoms with E-state index in [4.69, 9.17) is 9.47 Å². The summed E-state index contributed by atoms with van der Waals surface area (Å²) in [6, 6.07) is 11.7. The van der Waals surface area contributed by atoms with Crippen molar-refractivity contribution in [3.63, 3.8) is 0 Å². The molecule has 0 bridgehead atoms. The monoisotopic (exact) mass is 341 g/mol. The van der Waals surface area contributed by atoms with Crippen molar-refractivity contribution in [3.8, 4) is 11.5 Å². The van der Waals surface area contributed by atoms with Gasteiger partial charge >= 0.3 is 0 Å². The van der Waals surface area contributed by atoms with Crippen LogP contribution in [0.15, 0.2) is 36.4 Å². The second kappa shape index (κ2) is 9.11. The Morgan fingerprint density at radius 2 is 1.88 bits per heavy atom. The lowest BCUT2D eigenvalue weighted by Gasteiger charge is -2.11. The summed E-state index contributed by atoms with van der Waals surface area (Å²) in [4.78, 5) is 12.3. The molecule has 134 valence electrons. The molecule has 0 spiro atoms. The number of hydrogen-bond acceptors (Lipinski definition) is 3. The Hall–Kier alpha value is -2.49. The third-order valence-electron chi connectivity index (χ3n) is 4.13. The fraction of sp³-hybridized carbons (Fsp3) is 0.381. The van der Waals surface area contributed by atoms with Gasteiger partial charge < -0.3 is 14.8 Å². The molecule has 2 aromatic rings. The molecule has 2 aromatic carbocycles. The van der Waals surface area contributed by atoms with Gasteiger partial charge in [-0.25, -0.2) is 0 Å². The maximum Gasteiger partial charge on any atom is 0.251 e. The zero-order valence-corrected chi connectivity index (χ0v) is 15.5. The van der Waals surface area contributed by atoms with Crippen LogP contribution in [0.5, 0.6) is 11.5 Å². The van der Waals surface area contributed by atoms with E-state index in [1.165, 1.54) is 16.7 Å². The van der Waals surface area contributed by atoms with Crippen LogP contribution in [0, 0.1) is 13.8 Å². The van der Waals surface area contributed by atoms with Crippen LogP contribution < -0.4 is 14.8 Å². The molecule has 0 saturated carbocycles. The van der Waals surface area contributed by atoms with E-state index in [0.29, 0.717) is 30.2 Å². The van der Waals surface area contributed by atoms with Crippen LogP contribution in [0.25, 0.3) is 0 Å². The summed E-state index contributed by atoms with van der Waals surface area (Å²) >= 11 is 0. The number of aryl methyl sites for hydroxylation is 3. The second-order valence-electron chi connectivity index (χ2n) is 6.09. The lowest BCUT2D eigenvalue weighted by Crippen LogP contribution is -2.24. The summed E-state index contributed by atoms with van der Waals surface area (Å²) in [6.07, 6.45) is 1.86. The Morgan fingerprint density at radius 1 is 1.08 bits per heavy atom. The predicted molar refractivity (Wildman–Crippen MR) is 101 cm³/mol. The van der Waals surface area contributed by atoms with Gasteiger partial charge in [-0.2, -0.15) is 0 Å². The molecule has 0 atom stereocenters. The lowest BCUT2D eigenvalue weighted by molar-refractivity contribution is 0.0953. The molecule has 4 nitrogen and oxygen atoms in total. The number of carbonyl (C=O) groups excluding carboxylic acids is 1. The molecule has 1 amide bonds. The van der Waals surface area contributed by atoms with E-state index in [2.05, 4.69) is 37.4 Å². The molecule has 25 heavy (non-hydrogen) atoms. The van der Waals surface area contributed by atoms with E-state index in [0.717, 1.165) is 12.8 Å². The highest BCUT2D eigenvalue weighted by Gasteiger charge is 2.10. The summed E-state index contributed by atoms with van der Waals surface area (Å²) < 4.78 is 10.8.